The van der Waals surface area contributed by atoms with E-state index in [1.165, 1.54) is 12.1 Å². The van der Waals surface area contributed by atoms with Crippen LogP contribution in [0.15, 0.2) is 47.5 Å². The number of nitrogens with zero attached hydrogens (tertiary/aromatic N) is 3. The Hall–Kier alpha value is -3.64. The summed E-state index contributed by atoms with van der Waals surface area (Å²) < 4.78 is 13.5. The number of hydrogen-bond donors (Lipinski definition) is 0. The molecule has 8 nitrogen and oxygen atoms in total. The summed E-state index contributed by atoms with van der Waals surface area (Å²) in [4.78, 5) is 27.7. The Morgan fingerprint density at radius 3 is 2.89 bits per heavy atom. The average Bonchev–Trinajstić information content (AvgIpc) is 3.04. The van der Waals surface area contributed by atoms with Gasteiger partial charge in [0.25, 0.3) is 11.6 Å². The van der Waals surface area contributed by atoms with Gasteiger partial charge in [0.2, 0.25) is 6.10 Å². The molecule has 1 aromatic heterocycles. The average molecular weight is 395 g/mol. The first-order chi connectivity index (χ1) is 13.6. The minimum atomic E-state index is -0.881. The predicted octanol–water partition coefficient (Wildman–Crippen LogP) is 2.51. The van der Waals surface area contributed by atoms with Gasteiger partial charge in [-0.15, -0.1) is 6.42 Å². The van der Waals surface area contributed by atoms with Crippen molar-refractivity contribution in [2.45, 2.75) is 12.6 Å². The van der Waals surface area contributed by atoms with Crippen molar-refractivity contribution in [3.8, 4) is 23.8 Å². The van der Waals surface area contributed by atoms with E-state index in [1.54, 1.807) is 28.8 Å². The van der Waals surface area contributed by atoms with E-state index in [4.69, 9.17) is 15.9 Å². The van der Waals surface area contributed by atoms with Crippen LogP contribution in [0.2, 0.25) is 0 Å². The third kappa shape index (κ3) is 3.21. The molecule has 0 fully saturated rings. The molecule has 0 unspecified atom stereocenters. The number of nitro benzene ring substituents is 1. The summed E-state index contributed by atoms with van der Waals surface area (Å²) in [6.45, 7) is 0.222. The molecule has 0 aliphatic carbocycles. The number of aromatic nitrogens is 1. The number of carbonyl (C=O) groups is 1. The lowest BCUT2D eigenvalue weighted by Gasteiger charge is -2.23. The fourth-order valence-electron chi connectivity index (χ4n) is 2.81. The van der Waals surface area contributed by atoms with Crippen LogP contribution in [0.3, 0.4) is 0 Å². The maximum absolute atomic E-state index is 12.6. The van der Waals surface area contributed by atoms with Gasteiger partial charge in [-0.1, -0.05) is 29.4 Å². The van der Waals surface area contributed by atoms with Crippen molar-refractivity contribution in [2.75, 3.05) is 6.61 Å². The number of amides is 1. The maximum Gasteiger partial charge on any atom is 0.292 e. The molecule has 140 valence electrons. The lowest BCUT2D eigenvalue weighted by molar-refractivity contribution is -0.384. The second-order valence-corrected chi connectivity index (χ2v) is 6.91. The minimum Gasteiger partial charge on any atom is -0.485 e. The number of carbonyl (C=O) groups excluding carboxylic acids is 1. The zero-order chi connectivity index (χ0) is 19.7. The number of para-hydroxylation sites is 2. The molecule has 0 saturated carbocycles. The van der Waals surface area contributed by atoms with Crippen LogP contribution in [0.25, 0.3) is 10.2 Å². The largest absolute Gasteiger partial charge is 0.485 e. The lowest BCUT2D eigenvalue weighted by atomic mass is 10.2. The Kier molecular flexibility index (Phi) is 4.55. The number of fused-ring (bicyclic) bond motifs is 2. The minimum absolute atomic E-state index is 0.0416. The number of thiazole rings is 1. The highest BCUT2D eigenvalue weighted by atomic mass is 32.1. The molecule has 0 bridgehead atoms. The van der Waals surface area contributed by atoms with Crippen LogP contribution in [-0.4, -0.2) is 28.1 Å². The molecule has 2 heterocycles. The fourth-order valence-corrected chi connectivity index (χ4v) is 3.88. The number of terminal acetylenes is 1. The highest BCUT2D eigenvalue weighted by molar-refractivity contribution is 7.16. The summed E-state index contributed by atoms with van der Waals surface area (Å²) in [5.74, 6) is 3.05. The van der Waals surface area contributed by atoms with Gasteiger partial charge >= 0.3 is 0 Å². The van der Waals surface area contributed by atoms with Crippen LogP contribution in [0.4, 0.5) is 5.69 Å². The molecule has 1 aliphatic heterocycles. The van der Waals surface area contributed by atoms with E-state index in [0.717, 1.165) is 11.3 Å². The number of ether oxygens (including phenoxy) is 2. The Labute approximate surface area is 162 Å². The van der Waals surface area contributed by atoms with Crippen molar-refractivity contribution in [3.05, 3.63) is 57.4 Å². The van der Waals surface area contributed by atoms with Gasteiger partial charge in [0, 0.05) is 12.1 Å². The number of benzene rings is 2. The van der Waals surface area contributed by atoms with Crippen LogP contribution in [0.1, 0.15) is 0 Å². The van der Waals surface area contributed by atoms with Gasteiger partial charge in [-0.2, -0.15) is 4.99 Å². The molecule has 9 heteroatoms. The van der Waals surface area contributed by atoms with Crippen molar-refractivity contribution in [1.82, 2.24) is 4.57 Å². The molecular formula is C19H13N3O5S. The summed E-state index contributed by atoms with van der Waals surface area (Å²) in [5.41, 5.74) is 0.631. The Morgan fingerprint density at radius 2 is 2.14 bits per heavy atom. The second-order valence-electron chi connectivity index (χ2n) is 5.90. The molecule has 28 heavy (non-hydrogen) atoms. The van der Waals surface area contributed by atoms with E-state index in [-0.39, 0.29) is 18.8 Å². The van der Waals surface area contributed by atoms with E-state index in [2.05, 4.69) is 10.9 Å². The summed E-state index contributed by atoms with van der Waals surface area (Å²) in [5, 5.41) is 11.0. The van der Waals surface area contributed by atoms with Gasteiger partial charge in [-0.05, 0) is 18.2 Å². The monoisotopic (exact) mass is 395 g/mol. The van der Waals surface area contributed by atoms with Gasteiger partial charge in [0.1, 0.15) is 6.61 Å². The van der Waals surface area contributed by atoms with E-state index < -0.39 is 16.9 Å². The van der Waals surface area contributed by atoms with Gasteiger partial charge in [-0.25, -0.2) is 0 Å². The van der Waals surface area contributed by atoms with Crippen LogP contribution in [0, 0.1) is 22.5 Å². The predicted molar refractivity (Wildman–Crippen MR) is 102 cm³/mol. The molecule has 0 spiro atoms. The van der Waals surface area contributed by atoms with Gasteiger partial charge in [0.15, 0.2) is 16.3 Å². The summed E-state index contributed by atoms with van der Waals surface area (Å²) in [7, 11) is 0. The first kappa shape index (κ1) is 17.8. The Morgan fingerprint density at radius 1 is 1.36 bits per heavy atom. The molecule has 1 atom stereocenters. The maximum atomic E-state index is 12.6. The number of nitro groups is 1. The van der Waals surface area contributed by atoms with Crippen molar-refractivity contribution >= 4 is 33.1 Å². The van der Waals surface area contributed by atoms with Crippen molar-refractivity contribution in [2.24, 2.45) is 4.99 Å². The van der Waals surface area contributed by atoms with Gasteiger partial charge in [0.05, 0.1) is 21.7 Å². The molecule has 0 radical (unpaired) electrons. The third-order valence-corrected chi connectivity index (χ3v) is 5.16. The van der Waals surface area contributed by atoms with Crippen molar-refractivity contribution in [3.63, 3.8) is 0 Å². The highest BCUT2D eigenvalue weighted by Gasteiger charge is 2.27. The topological polar surface area (TPSA) is 96.0 Å². The molecule has 1 aliphatic rings. The van der Waals surface area contributed by atoms with Gasteiger partial charge < -0.3 is 14.0 Å². The summed E-state index contributed by atoms with van der Waals surface area (Å²) in [6, 6.07) is 11.5. The van der Waals surface area contributed by atoms with Crippen LogP contribution < -0.4 is 14.3 Å². The smallest absolute Gasteiger partial charge is 0.292 e. The van der Waals surface area contributed by atoms with Crippen LogP contribution in [-0.2, 0) is 11.3 Å². The first-order valence-electron chi connectivity index (χ1n) is 8.25. The normalized spacial score (nSPS) is 16.0. The quantitative estimate of drug-likeness (QED) is 0.386. The first-order valence-corrected chi connectivity index (χ1v) is 9.07. The number of hydrogen-bond acceptors (Lipinski definition) is 6. The SMILES string of the molecule is C#CCn1c(=NC(=O)[C@@H]2COc3ccccc3O2)sc2cc([N+](=O)[O-])ccc21. The summed E-state index contributed by atoms with van der Waals surface area (Å²) in [6.07, 6.45) is 4.56. The standard InChI is InChI=1S/C19H13N3O5S/c1-2-9-21-13-8-7-12(22(24)25)10-17(13)28-19(21)20-18(23)16-11-26-14-5-3-4-6-15(14)27-16/h1,3-8,10,16H,9,11H2/t16-/m0/s1. The lowest BCUT2D eigenvalue weighted by Crippen LogP contribution is -2.36. The molecule has 0 saturated heterocycles. The molecule has 0 N–H and O–H groups in total. The van der Waals surface area contributed by atoms with Crippen LogP contribution in [0.5, 0.6) is 11.5 Å². The Bertz CT molecular complexity index is 1200. The zero-order valence-corrected chi connectivity index (χ0v) is 15.2. The number of rotatable bonds is 3. The number of non-ortho nitro benzene ring substituents is 1. The molecule has 4 rings (SSSR count). The molecule has 3 aromatic rings. The fraction of sp³-hybridized carbons (Fsp3) is 0.158. The second kappa shape index (κ2) is 7.17. The zero-order valence-electron chi connectivity index (χ0n) is 14.4. The van der Waals surface area contributed by atoms with E-state index >= 15 is 0 Å². The van der Waals surface area contributed by atoms with Crippen LogP contribution >= 0.6 is 11.3 Å². The molecule has 1 amide bonds. The van der Waals surface area contributed by atoms with Crippen molar-refractivity contribution in [1.29, 1.82) is 0 Å². The van der Waals surface area contributed by atoms with E-state index in [0.29, 0.717) is 26.5 Å². The summed E-state index contributed by atoms with van der Waals surface area (Å²) >= 11 is 1.15. The van der Waals surface area contributed by atoms with E-state index in [1.807, 2.05) is 6.07 Å². The Balaban J connectivity index is 1.72. The highest BCUT2D eigenvalue weighted by Crippen LogP contribution is 2.31. The molecular weight excluding hydrogens is 382 g/mol. The van der Waals surface area contributed by atoms with Crippen molar-refractivity contribution < 1.29 is 19.2 Å². The molecule has 2 aromatic carbocycles. The van der Waals surface area contributed by atoms with E-state index in [9.17, 15) is 14.9 Å². The third-order valence-electron chi connectivity index (χ3n) is 4.12. The van der Waals surface area contributed by atoms with Gasteiger partial charge in [-0.3, -0.25) is 14.9 Å².